The Kier molecular flexibility index (Phi) is 6.42. The quantitative estimate of drug-likeness (QED) is 0.702. The molecule has 25 heavy (non-hydrogen) atoms. The molecule has 3 rings (SSSR count). The van der Waals surface area contributed by atoms with Crippen LogP contribution in [0, 0.1) is 9.39 Å². The molecule has 3 nitrogen and oxygen atoms in total. The highest BCUT2D eigenvalue weighted by molar-refractivity contribution is 14.1. The first-order chi connectivity index (χ1) is 12.1. The summed E-state index contributed by atoms with van der Waals surface area (Å²) in [5.41, 5.74) is 1.78. The van der Waals surface area contributed by atoms with Crippen molar-refractivity contribution in [2.45, 2.75) is 31.8 Å². The van der Waals surface area contributed by atoms with Crippen LogP contribution in [0.5, 0.6) is 0 Å². The average molecular weight is 452 g/mol. The lowest BCUT2D eigenvalue weighted by Crippen LogP contribution is -2.44. The van der Waals surface area contributed by atoms with E-state index < -0.39 is 0 Å². The number of hydrogen-bond donors (Lipinski definition) is 1. The molecule has 1 fully saturated rings. The number of hydrogen-bond acceptors (Lipinski definition) is 2. The summed E-state index contributed by atoms with van der Waals surface area (Å²) in [5.74, 6) is -0.411. The van der Waals surface area contributed by atoms with Crippen LogP contribution in [-0.4, -0.2) is 29.9 Å². The van der Waals surface area contributed by atoms with Gasteiger partial charge < -0.3 is 5.32 Å². The topological polar surface area (TPSA) is 32.3 Å². The van der Waals surface area contributed by atoms with Crippen LogP contribution in [0.3, 0.4) is 0 Å². The van der Waals surface area contributed by atoms with Crippen molar-refractivity contribution >= 4 is 28.5 Å². The van der Waals surface area contributed by atoms with Crippen molar-refractivity contribution in [1.82, 2.24) is 10.2 Å². The van der Waals surface area contributed by atoms with E-state index in [-0.39, 0.29) is 24.2 Å². The highest BCUT2D eigenvalue weighted by atomic mass is 127. The van der Waals surface area contributed by atoms with Crippen LogP contribution in [-0.2, 0) is 17.8 Å². The molecule has 1 aliphatic heterocycles. The number of carbonyl (C=O) groups is 1. The first-order valence-corrected chi connectivity index (χ1v) is 9.67. The van der Waals surface area contributed by atoms with Crippen molar-refractivity contribution in [3.8, 4) is 0 Å². The molecule has 1 heterocycles. The van der Waals surface area contributed by atoms with E-state index in [0.29, 0.717) is 5.56 Å². The lowest BCUT2D eigenvalue weighted by molar-refractivity contribution is -0.121. The standard InChI is InChI=1S/C20H22FIN2O/c21-19-4-2-1-3-16(19)13-20(25)23-18-9-11-24(12-10-18)14-15-5-7-17(22)8-6-15/h1-8,18H,9-14H2,(H,23,25). The van der Waals surface area contributed by atoms with Crippen molar-refractivity contribution < 1.29 is 9.18 Å². The molecule has 0 bridgehead atoms. The van der Waals surface area contributed by atoms with Crippen LogP contribution in [0.1, 0.15) is 24.0 Å². The Labute approximate surface area is 161 Å². The van der Waals surface area contributed by atoms with E-state index in [0.717, 1.165) is 32.5 Å². The molecule has 1 saturated heterocycles. The van der Waals surface area contributed by atoms with Gasteiger partial charge in [-0.25, -0.2) is 4.39 Å². The number of likely N-dealkylation sites (tertiary alicyclic amines) is 1. The van der Waals surface area contributed by atoms with Gasteiger partial charge in [0.1, 0.15) is 5.82 Å². The van der Waals surface area contributed by atoms with Gasteiger partial charge in [-0.2, -0.15) is 0 Å². The minimum Gasteiger partial charge on any atom is -0.353 e. The van der Waals surface area contributed by atoms with E-state index in [9.17, 15) is 9.18 Å². The van der Waals surface area contributed by atoms with E-state index in [2.05, 4.69) is 57.1 Å². The number of amides is 1. The molecule has 0 aromatic heterocycles. The van der Waals surface area contributed by atoms with Crippen molar-refractivity contribution in [3.05, 3.63) is 69.0 Å². The maximum absolute atomic E-state index is 13.6. The summed E-state index contributed by atoms with van der Waals surface area (Å²) in [6, 6.07) is 15.2. The van der Waals surface area contributed by atoms with E-state index >= 15 is 0 Å². The Hall–Kier alpha value is -1.47. The van der Waals surface area contributed by atoms with Crippen LogP contribution >= 0.6 is 22.6 Å². The predicted molar refractivity (Wildman–Crippen MR) is 106 cm³/mol. The van der Waals surface area contributed by atoms with Gasteiger partial charge in [-0.1, -0.05) is 30.3 Å². The number of nitrogens with one attached hydrogen (secondary N) is 1. The fourth-order valence-corrected chi connectivity index (χ4v) is 3.54. The molecule has 0 unspecified atom stereocenters. The van der Waals surface area contributed by atoms with Gasteiger partial charge in [-0.15, -0.1) is 0 Å². The zero-order valence-corrected chi connectivity index (χ0v) is 16.2. The highest BCUT2D eigenvalue weighted by Gasteiger charge is 2.21. The maximum Gasteiger partial charge on any atom is 0.224 e. The summed E-state index contributed by atoms with van der Waals surface area (Å²) in [4.78, 5) is 14.6. The molecule has 5 heteroatoms. The second-order valence-electron chi connectivity index (χ2n) is 6.51. The van der Waals surface area contributed by atoms with Crippen molar-refractivity contribution in [3.63, 3.8) is 0 Å². The first kappa shape index (κ1) is 18.3. The SMILES string of the molecule is O=C(Cc1ccccc1F)NC1CCN(Cc2ccc(I)cc2)CC1. The summed E-state index contributed by atoms with van der Waals surface area (Å²) in [5, 5.41) is 3.05. The van der Waals surface area contributed by atoms with Crippen LogP contribution in [0.25, 0.3) is 0 Å². The van der Waals surface area contributed by atoms with Gasteiger partial charge in [0.25, 0.3) is 0 Å². The summed E-state index contributed by atoms with van der Waals surface area (Å²) in [6.07, 6.45) is 1.98. The molecule has 0 radical (unpaired) electrons. The number of piperidine rings is 1. The van der Waals surface area contributed by atoms with Gasteiger partial charge in [-0.05, 0) is 64.8 Å². The normalized spacial score (nSPS) is 15.9. The van der Waals surface area contributed by atoms with Gasteiger partial charge in [0.2, 0.25) is 5.91 Å². The fraction of sp³-hybridized carbons (Fsp3) is 0.350. The summed E-state index contributed by atoms with van der Waals surface area (Å²) < 4.78 is 14.9. The smallest absolute Gasteiger partial charge is 0.224 e. The lowest BCUT2D eigenvalue weighted by atomic mass is 10.0. The molecule has 1 amide bonds. The predicted octanol–water partition coefficient (Wildman–Crippen LogP) is 3.75. The van der Waals surface area contributed by atoms with Crippen molar-refractivity contribution in [2.75, 3.05) is 13.1 Å². The fourth-order valence-electron chi connectivity index (χ4n) is 3.18. The van der Waals surface area contributed by atoms with Gasteiger partial charge in [0.15, 0.2) is 0 Å². The number of benzene rings is 2. The third-order valence-electron chi connectivity index (χ3n) is 4.58. The zero-order chi connectivity index (χ0) is 17.6. The van der Waals surface area contributed by atoms with Crippen LogP contribution in [0.4, 0.5) is 4.39 Å². The Balaban J connectivity index is 1.43. The highest BCUT2D eigenvalue weighted by Crippen LogP contribution is 2.15. The maximum atomic E-state index is 13.6. The molecule has 1 N–H and O–H groups in total. The third-order valence-corrected chi connectivity index (χ3v) is 5.30. The molecule has 0 saturated carbocycles. The van der Waals surface area contributed by atoms with Crippen LogP contribution in [0.15, 0.2) is 48.5 Å². The Bertz CT molecular complexity index is 712. The number of carbonyl (C=O) groups excluding carboxylic acids is 1. The molecular weight excluding hydrogens is 430 g/mol. The van der Waals surface area contributed by atoms with E-state index in [1.165, 1.54) is 15.2 Å². The molecule has 0 spiro atoms. The second kappa shape index (κ2) is 8.76. The van der Waals surface area contributed by atoms with Gasteiger partial charge in [-0.3, -0.25) is 9.69 Å². The molecule has 2 aromatic carbocycles. The van der Waals surface area contributed by atoms with E-state index in [1.807, 2.05) is 0 Å². The Morgan fingerprint density at radius 1 is 1.12 bits per heavy atom. The molecule has 132 valence electrons. The minimum atomic E-state index is -0.315. The average Bonchev–Trinajstić information content (AvgIpc) is 2.61. The van der Waals surface area contributed by atoms with Crippen molar-refractivity contribution in [2.24, 2.45) is 0 Å². The van der Waals surface area contributed by atoms with Gasteiger partial charge in [0, 0.05) is 29.2 Å². The zero-order valence-electron chi connectivity index (χ0n) is 14.1. The molecule has 2 aromatic rings. The van der Waals surface area contributed by atoms with E-state index in [1.54, 1.807) is 18.2 Å². The number of nitrogens with zero attached hydrogens (tertiary/aromatic N) is 1. The van der Waals surface area contributed by atoms with Crippen molar-refractivity contribution in [1.29, 1.82) is 0 Å². The second-order valence-corrected chi connectivity index (χ2v) is 7.76. The Morgan fingerprint density at radius 2 is 1.80 bits per heavy atom. The third kappa shape index (κ3) is 5.51. The molecule has 0 atom stereocenters. The summed E-state index contributed by atoms with van der Waals surface area (Å²) in [6.45, 7) is 2.89. The summed E-state index contributed by atoms with van der Waals surface area (Å²) >= 11 is 2.31. The monoisotopic (exact) mass is 452 g/mol. The largest absolute Gasteiger partial charge is 0.353 e. The number of halogens is 2. The molecule has 0 aliphatic carbocycles. The lowest BCUT2D eigenvalue weighted by Gasteiger charge is -2.32. The van der Waals surface area contributed by atoms with Crippen LogP contribution < -0.4 is 5.32 Å². The van der Waals surface area contributed by atoms with Gasteiger partial charge in [0.05, 0.1) is 6.42 Å². The minimum absolute atomic E-state index is 0.0961. The first-order valence-electron chi connectivity index (χ1n) is 8.60. The summed E-state index contributed by atoms with van der Waals surface area (Å²) in [7, 11) is 0. The van der Waals surface area contributed by atoms with Gasteiger partial charge >= 0.3 is 0 Å². The number of rotatable bonds is 5. The Morgan fingerprint density at radius 3 is 2.48 bits per heavy atom. The van der Waals surface area contributed by atoms with Crippen LogP contribution in [0.2, 0.25) is 0 Å². The molecular formula is C20H22FIN2O. The van der Waals surface area contributed by atoms with E-state index in [4.69, 9.17) is 0 Å². The molecule has 1 aliphatic rings.